The van der Waals surface area contributed by atoms with Crippen LogP contribution in [-0.4, -0.2) is 12.6 Å². The lowest BCUT2D eigenvalue weighted by atomic mass is 10.1. The molecule has 0 aromatic carbocycles. The molecule has 0 heterocycles. The number of hydrogen-bond acceptors (Lipinski definition) is 2. The van der Waals surface area contributed by atoms with Crippen molar-refractivity contribution < 1.29 is 9.53 Å². The van der Waals surface area contributed by atoms with Crippen molar-refractivity contribution in [2.24, 2.45) is 0 Å². The highest BCUT2D eigenvalue weighted by Gasteiger charge is 1.93. The maximum atomic E-state index is 10.4. The van der Waals surface area contributed by atoms with Crippen LogP contribution in [0.5, 0.6) is 0 Å². The van der Waals surface area contributed by atoms with Crippen LogP contribution < -0.4 is 0 Å². The molecule has 0 amide bonds. The summed E-state index contributed by atoms with van der Waals surface area (Å²) >= 11 is 0. The van der Waals surface area contributed by atoms with Crippen LogP contribution in [0.25, 0.3) is 0 Å². The minimum Gasteiger partial charge on any atom is -0.466 e. The lowest BCUT2D eigenvalue weighted by Gasteiger charge is -2.02. The van der Waals surface area contributed by atoms with Crippen molar-refractivity contribution in [1.29, 1.82) is 0 Å². The quantitative estimate of drug-likeness (QED) is 0.331. The minimum absolute atomic E-state index is 0.177. The zero-order valence-corrected chi connectivity index (χ0v) is 9.76. The van der Waals surface area contributed by atoms with Gasteiger partial charge in [0.15, 0.2) is 0 Å². The van der Waals surface area contributed by atoms with Crippen molar-refractivity contribution in [1.82, 2.24) is 0 Å². The van der Waals surface area contributed by atoms with Crippen molar-refractivity contribution in [2.45, 2.75) is 58.3 Å². The molecular weight excluding hydrogens is 188 g/mol. The number of unbranched alkanes of at least 4 members (excludes halogenated alkanes) is 7. The number of ether oxygens (including phenoxy) is 1. The summed E-state index contributed by atoms with van der Waals surface area (Å²) in [5.74, 6) is 2.47. The van der Waals surface area contributed by atoms with E-state index >= 15 is 0 Å². The van der Waals surface area contributed by atoms with E-state index in [4.69, 9.17) is 11.2 Å². The van der Waals surface area contributed by atoms with Gasteiger partial charge in [0.2, 0.25) is 0 Å². The summed E-state index contributed by atoms with van der Waals surface area (Å²) in [7, 11) is 0. The Morgan fingerprint density at radius 3 is 2.13 bits per heavy atom. The van der Waals surface area contributed by atoms with Gasteiger partial charge in [0.25, 0.3) is 0 Å². The number of hydrogen-bond donors (Lipinski definition) is 0. The van der Waals surface area contributed by atoms with Crippen LogP contribution in [0.1, 0.15) is 58.3 Å². The van der Waals surface area contributed by atoms with Gasteiger partial charge in [-0.05, 0) is 12.8 Å². The van der Waals surface area contributed by atoms with E-state index in [-0.39, 0.29) is 5.97 Å². The Morgan fingerprint density at radius 1 is 1.07 bits per heavy atom. The summed E-state index contributed by atoms with van der Waals surface area (Å²) in [6.07, 6.45) is 14.4. The second-order valence-corrected chi connectivity index (χ2v) is 3.77. The molecule has 2 heteroatoms. The van der Waals surface area contributed by atoms with E-state index in [2.05, 4.69) is 5.92 Å². The first-order valence-corrected chi connectivity index (χ1v) is 5.84. The molecule has 86 valence electrons. The molecule has 2 nitrogen and oxygen atoms in total. The van der Waals surface area contributed by atoms with Crippen LogP contribution in [0.2, 0.25) is 0 Å². The maximum absolute atomic E-state index is 10.4. The van der Waals surface area contributed by atoms with Gasteiger partial charge in [-0.15, -0.1) is 12.3 Å². The van der Waals surface area contributed by atoms with Gasteiger partial charge in [0.1, 0.15) is 0 Å². The molecule has 0 radical (unpaired) electrons. The molecule has 15 heavy (non-hydrogen) atoms. The fourth-order valence-electron chi connectivity index (χ4n) is 1.43. The molecule has 0 saturated carbocycles. The third-order valence-electron chi connectivity index (χ3n) is 2.27. The van der Waals surface area contributed by atoms with Crippen LogP contribution in [-0.2, 0) is 9.53 Å². The molecular formula is C13H22O2. The van der Waals surface area contributed by atoms with Crippen LogP contribution in [0, 0.1) is 12.3 Å². The van der Waals surface area contributed by atoms with E-state index in [0.717, 1.165) is 25.7 Å². The SMILES string of the molecule is C#CCCCCCCCCCOC(C)=O. The van der Waals surface area contributed by atoms with E-state index in [1.165, 1.54) is 32.6 Å². The number of esters is 1. The highest BCUT2D eigenvalue weighted by Crippen LogP contribution is 2.08. The van der Waals surface area contributed by atoms with Gasteiger partial charge in [-0.1, -0.05) is 32.1 Å². The van der Waals surface area contributed by atoms with E-state index < -0.39 is 0 Å². The molecule has 0 rings (SSSR count). The Bertz CT molecular complexity index is 191. The fourth-order valence-corrected chi connectivity index (χ4v) is 1.43. The van der Waals surface area contributed by atoms with Gasteiger partial charge < -0.3 is 4.74 Å². The topological polar surface area (TPSA) is 26.3 Å². The zero-order valence-electron chi connectivity index (χ0n) is 9.76. The van der Waals surface area contributed by atoms with E-state index in [9.17, 15) is 4.79 Å². The van der Waals surface area contributed by atoms with Crippen molar-refractivity contribution in [2.75, 3.05) is 6.61 Å². The summed E-state index contributed by atoms with van der Waals surface area (Å²) in [6, 6.07) is 0. The lowest BCUT2D eigenvalue weighted by Crippen LogP contribution is -1.99. The van der Waals surface area contributed by atoms with Gasteiger partial charge in [-0.2, -0.15) is 0 Å². The first kappa shape index (κ1) is 14.0. The number of carbonyl (C=O) groups excluding carboxylic acids is 1. The summed E-state index contributed by atoms with van der Waals surface area (Å²) in [4.78, 5) is 10.4. The first-order valence-electron chi connectivity index (χ1n) is 5.84. The van der Waals surface area contributed by atoms with E-state index in [1.54, 1.807) is 0 Å². The Balaban J connectivity index is 2.93. The van der Waals surface area contributed by atoms with Crippen molar-refractivity contribution in [3.63, 3.8) is 0 Å². The third kappa shape index (κ3) is 13.0. The van der Waals surface area contributed by atoms with Crippen molar-refractivity contribution in [3.8, 4) is 12.3 Å². The predicted octanol–water partition coefficient (Wildman–Crippen LogP) is 3.30. The average Bonchev–Trinajstić information content (AvgIpc) is 2.20. The highest BCUT2D eigenvalue weighted by atomic mass is 16.5. The molecule has 0 unspecified atom stereocenters. The molecule has 0 fully saturated rings. The monoisotopic (exact) mass is 210 g/mol. The summed E-state index contributed by atoms with van der Waals surface area (Å²) in [6.45, 7) is 2.03. The van der Waals surface area contributed by atoms with Gasteiger partial charge >= 0.3 is 5.97 Å². The maximum Gasteiger partial charge on any atom is 0.302 e. The Labute approximate surface area is 93.4 Å². The van der Waals surface area contributed by atoms with Crippen LogP contribution in [0.3, 0.4) is 0 Å². The molecule has 0 atom stereocenters. The second-order valence-electron chi connectivity index (χ2n) is 3.77. The minimum atomic E-state index is -0.177. The normalized spacial score (nSPS) is 9.60. The summed E-state index contributed by atoms with van der Waals surface area (Å²) in [5.41, 5.74) is 0. The summed E-state index contributed by atoms with van der Waals surface area (Å²) in [5, 5.41) is 0. The van der Waals surface area contributed by atoms with Crippen LogP contribution in [0.4, 0.5) is 0 Å². The fraction of sp³-hybridized carbons (Fsp3) is 0.769. The molecule has 0 N–H and O–H groups in total. The van der Waals surface area contributed by atoms with Crippen LogP contribution >= 0.6 is 0 Å². The van der Waals surface area contributed by atoms with Gasteiger partial charge in [-0.3, -0.25) is 4.79 Å². The van der Waals surface area contributed by atoms with Gasteiger partial charge in [0, 0.05) is 13.3 Å². The number of carbonyl (C=O) groups is 1. The molecule has 0 aliphatic heterocycles. The third-order valence-corrected chi connectivity index (χ3v) is 2.27. The van der Waals surface area contributed by atoms with E-state index in [1.807, 2.05) is 0 Å². The molecule has 0 saturated heterocycles. The van der Waals surface area contributed by atoms with Gasteiger partial charge in [-0.25, -0.2) is 0 Å². The highest BCUT2D eigenvalue weighted by molar-refractivity contribution is 5.65. The standard InChI is InChI=1S/C13H22O2/c1-3-4-5-6-7-8-9-10-11-12-15-13(2)14/h1H,4-12H2,2H3. The smallest absolute Gasteiger partial charge is 0.302 e. The van der Waals surface area contributed by atoms with Crippen LogP contribution in [0.15, 0.2) is 0 Å². The second kappa shape index (κ2) is 11.1. The average molecular weight is 210 g/mol. The van der Waals surface area contributed by atoms with E-state index in [0.29, 0.717) is 6.61 Å². The molecule has 0 spiro atoms. The number of terminal acetylenes is 1. The van der Waals surface area contributed by atoms with Crippen molar-refractivity contribution >= 4 is 5.97 Å². The Hall–Kier alpha value is -0.970. The zero-order chi connectivity index (χ0) is 11.4. The Kier molecular flexibility index (Phi) is 10.4. The molecule has 0 aliphatic rings. The number of rotatable bonds is 9. The molecule has 0 aromatic heterocycles. The lowest BCUT2D eigenvalue weighted by molar-refractivity contribution is -0.141. The predicted molar refractivity (Wildman–Crippen MR) is 62.4 cm³/mol. The molecule has 0 aromatic rings. The van der Waals surface area contributed by atoms with Crippen molar-refractivity contribution in [3.05, 3.63) is 0 Å². The first-order chi connectivity index (χ1) is 7.27. The molecule has 0 bridgehead atoms. The summed E-state index contributed by atoms with van der Waals surface area (Å²) < 4.78 is 4.84. The Morgan fingerprint density at radius 2 is 1.60 bits per heavy atom. The molecule has 0 aliphatic carbocycles. The van der Waals surface area contributed by atoms with Gasteiger partial charge in [0.05, 0.1) is 6.61 Å². The largest absolute Gasteiger partial charge is 0.466 e.